The third-order valence-electron chi connectivity index (χ3n) is 0.742. The Labute approximate surface area is 66.7 Å². The molecule has 0 atom stereocenters. The number of hydrogen-bond acceptors (Lipinski definition) is 2. The molecule has 0 radical (unpaired) electrons. The molecule has 0 unspecified atom stereocenters. The van der Waals surface area contributed by atoms with Crippen molar-refractivity contribution < 1.29 is 35.9 Å². The zero-order valence-corrected chi connectivity index (χ0v) is 5.58. The lowest BCUT2D eigenvalue weighted by Crippen LogP contribution is -2.46. The largest absolute Gasteiger partial charge is 0.471 e. The maximum Gasteiger partial charge on any atom is 0.471 e. The highest BCUT2D eigenvalue weighted by Gasteiger charge is 2.46. The van der Waals surface area contributed by atoms with Gasteiger partial charge in [0.05, 0.1) is 0 Å². The fourth-order valence-corrected chi connectivity index (χ4v) is 0.245. The van der Waals surface area contributed by atoms with Gasteiger partial charge in [-0.05, 0) is 0 Å². The summed E-state index contributed by atoms with van der Waals surface area (Å²) in [5.74, 6) is -5.90. The van der Waals surface area contributed by atoms with E-state index in [2.05, 4.69) is 0 Å². The van der Waals surface area contributed by atoms with E-state index in [1.807, 2.05) is 0 Å². The van der Waals surface area contributed by atoms with Crippen LogP contribution in [0.25, 0.3) is 0 Å². The zero-order chi connectivity index (χ0) is 10.9. The van der Waals surface area contributed by atoms with E-state index in [1.54, 1.807) is 0 Å². The Balaban J connectivity index is 4.34. The van der Waals surface area contributed by atoms with E-state index in [0.717, 1.165) is 0 Å². The van der Waals surface area contributed by atoms with Gasteiger partial charge in [-0.3, -0.25) is 14.9 Å². The average Bonchev–Trinajstić information content (AvgIpc) is 1.82. The number of carbonyl (C=O) groups excluding carboxylic acids is 2. The number of imide groups is 1. The predicted molar refractivity (Wildman–Crippen MR) is 25.3 cm³/mol. The van der Waals surface area contributed by atoms with Crippen molar-refractivity contribution in [1.82, 2.24) is 5.32 Å². The summed E-state index contributed by atoms with van der Waals surface area (Å²) in [5.41, 5.74) is 0. The molecule has 0 fully saturated rings. The van der Waals surface area contributed by atoms with Crippen LogP contribution in [0.1, 0.15) is 0 Å². The van der Waals surface area contributed by atoms with Gasteiger partial charge in [0, 0.05) is 0 Å². The standard InChI is InChI=1S/C4HF6NO2/c5-3(6,7)1(12)11-2(13)4(8,9)10/h(H,11,12,13). The summed E-state index contributed by atoms with van der Waals surface area (Å²) in [6, 6.07) is 0. The first kappa shape index (κ1) is 11.7. The second-order valence-corrected chi connectivity index (χ2v) is 1.78. The molecule has 0 aromatic carbocycles. The molecule has 0 aliphatic rings. The van der Waals surface area contributed by atoms with Gasteiger partial charge in [0.2, 0.25) is 0 Å². The van der Waals surface area contributed by atoms with Crippen LogP contribution in [0.5, 0.6) is 0 Å². The minimum atomic E-state index is -5.51. The smallest absolute Gasteiger partial charge is 0.281 e. The summed E-state index contributed by atoms with van der Waals surface area (Å²) in [6.45, 7) is 0. The van der Waals surface area contributed by atoms with Gasteiger partial charge in [-0.25, -0.2) is 0 Å². The van der Waals surface area contributed by atoms with Gasteiger partial charge in [-0.15, -0.1) is 0 Å². The second-order valence-electron chi connectivity index (χ2n) is 1.78. The van der Waals surface area contributed by atoms with E-state index >= 15 is 0 Å². The van der Waals surface area contributed by atoms with Crippen LogP contribution >= 0.6 is 0 Å². The Morgan fingerprint density at radius 1 is 0.769 bits per heavy atom. The third-order valence-corrected chi connectivity index (χ3v) is 0.742. The molecule has 0 heterocycles. The monoisotopic (exact) mass is 209 g/mol. The van der Waals surface area contributed by atoms with Crippen LogP contribution in [-0.2, 0) is 9.59 Å². The van der Waals surface area contributed by atoms with Gasteiger partial charge < -0.3 is 0 Å². The van der Waals surface area contributed by atoms with Crippen molar-refractivity contribution in [3.63, 3.8) is 0 Å². The van der Waals surface area contributed by atoms with Crippen molar-refractivity contribution in [2.45, 2.75) is 12.4 Å². The highest BCUT2D eigenvalue weighted by atomic mass is 19.4. The Morgan fingerprint density at radius 2 is 1.00 bits per heavy atom. The number of hydrogen-bond donors (Lipinski definition) is 1. The number of halogens is 6. The highest BCUT2D eigenvalue weighted by molar-refractivity contribution is 6.00. The average molecular weight is 209 g/mol. The van der Waals surface area contributed by atoms with Gasteiger partial charge in [-0.2, -0.15) is 26.3 Å². The minimum Gasteiger partial charge on any atom is -0.281 e. The van der Waals surface area contributed by atoms with Crippen molar-refractivity contribution in [1.29, 1.82) is 0 Å². The molecule has 0 aromatic rings. The Bertz CT molecular complexity index is 204. The fraction of sp³-hybridized carbons (Fsp3) is 0.500. The Hall–Kier alpha value is -1.28. The topological polar surface area (TPSA) is 46.2 Å². The third kappa shape index (κ3) is 3.76. The van der Waals surface area contributed by atoms with Crippen LogP contribution < -0.4 is 5.32 Å². The summed E-state index contributed by atoms with van der Waals surface area (Å²) < 4.78 is 67.6. The molecule has 2 amide bonds. The van der Waals surface area contributed by atoms with Crippen LogP contribution in [-0.4, -0.2) is 24.2 Å². The second kappa shape index (κ2) is 3.23. The minimum absolute atomic E-state index is 0.132. The number of amides is 2. The molecular weight excluding hydrogens is 208 g/mol. The normalized spacial score (nSPS) is 12.5. The quantitative estimate of drug-likeness (QED) is 0.598. The van der Waals surface area contributed by atoms with E-state index in [1.165, 1.54) is 0 Å². The van der Waals surface area contributed by atoms with Gasteiger partial charge in [0.15, 0.2) is 0 Å². The molecule has 76 valence electrons. The lowest BCUT2D eigenvalue weighted by Gasteiger charge is -2.08. The first-order chi connectivity index (χ1) is 5.55. The number of alkyl halides is 6. The van der Waals surface area contributed by atoms with Crippen LogP contribution in [0.15, 0.2) is 0 Å². The van der Waals surface area contributed by atoms with E-state index in [-0.39, 0.29) is 5.32 Å². The Morgan fingerprint density at radius 3 is 1.15 bits per heavy atom. The van der Waals surface area contributed by atoms with Gasteiger partial charge in [0.1, 0.15) is 0 Å². The molecule has 0 aliphatic heterocycles. The van der Waals surface area contributed by atoms with Gasteiger partial charge in [-0.1, -0.05) is 0 Å². The zero-order valence-electron chi connectivity index (χ0n) is 5.58. The summed E-state index contributed by atoms with van der Waals surface area (Å²) in [4.78, 5) is 19.5. The van der Waals surface area contributed by atoms with Crippen LogP contribution in [0, 0.1) is 0 Å². The summed E-state index contributed by atoms with van der Waals surface area (Å²) >= 11 is 0. The SMILES string of the molecule is O=C(NC(=O)C(F)(F)F)C(F)(F)F. The number of nitrogens with one attached hydrogen (secondary N) is 1. The molecular formula is C4HF6NO2. The first-order valence-corrected chi connectivity index (χ1v) is 2.54. The van der Waals surface area contributed by atoms with Crippen molar-refractivity contribution in [3.8, 4) is 0 Å². The van der Waals surface area contributed by atoms with Crippen molar-refractivity contribution in [2.75, 3.05) is 0 Å². The van der Waals surface area contributed by atoms with E-state index in [4.69, 9.17) is 0 Å². The Kier molecular flexibility index (Phi) is 2.91. The summed E-state index contributed by atoms with van der Waals surface area (Å²) in [6.07, 6.45) is -11.0. The molecule has 0 bridgehead atoms. The van der Waals surface area contributed by atoms with Crippen LogP contribution in [0.4, 0.5) is 26.3 Å². The molecule has 0 spiro atoms. The maximum absolute atomic E-state index is 11.3. The molecule has 13 heavy (non-hydrogen) atoms. The molecule has 0 saturated heterocycles. The lowest BCUT2D eigenvalue weighted by atomic mass is 10.5. The molecule has 9 heteroatoms. The molecule has 0 aliphatic carbocycles. The van der Waals surface area contributed by atoms with E-state index < -0.39 is 24.2 Å². The molecule has 0 aromatic heterocycles. The molecule has 3 nitrogen and oxygen atoms in total. The predicted octanol–water partition coefficient (Wildman–Crippen LogP) is 0.754. The highest BCUT2D eigenvalue weighted by Crippen LogP contribution is 2.17. The summed E-state index contributed by atoms with van der Waals surface area (Å²) in [7, 11) is 0. The molecule has 0 saturated carbocycles. The lowest BCUT2D eigenvalue weighted by molar-refractivity contribution is -0.186. The number of rotatable bonds is 0. The molecule has 1 N–H and O–H groups in total. The van der Waals surface area contributed by atoms with Gasteiger partial charge in [0.25, 0.3) is 0 Å². The van der Waals surface area contributed by atoms with Crippen molar-refractivity contribution in [3.05, 3.63) is 0 Å². The van der Waals surface area contributed by atoms with E-state index in [0.29, 0.717) is 0 Å². The fourth-order valence-electron chi connectivity index (χ4n) is 0.245. The van der Waals surface area contributed by atoms with E-state index in [9.17, 15) is 35.9 Å². The maximum atomic E-state index is 11.3. The van der Waals surface area contributed by atoms with Crippen molar-refractivity contribution >= 4 is 11.8 Å². The van der Waals surface area contributed by atoms with Crippen molar-refractivity contribution in [2.24, 2.45) is 0 Å². The van der Waals surface area contributed by atoms with Gasteiger partial charge >= 0.3 is 24.2 Å². The summed E-state index contributed by atoms with van der Waals surface area (Å²) in [5, 5.41) is 0.132. The number of carbonyl (C=O) groups is 2. The molecule has 0 rings (SSSR count). The van der Waals surface area contributed by atoms with Crippen LogP contribution in [0.3, 0.4) is 0 Å². The first-order valence-electron chi connectivity index (χ1n) is 2.54. The van der Waals surface area contributed by atoms with Crippen LogP contribution in [0.2, 0.25) is 0 Å².